The van der Waals surface area contributed by atoms with Gasteiger partial charge in [0, 0.05) is 11.6 Å². The van der Waals surface area contributed by atoms with Crippen molar-refractivity contribution in [3.63, 3.8) is 0 Å². The summed E-state index contributed by atoms with van der Waals surface area (Å²) in [4.78, 5) is 23.7. The topological polar surface area (TPSA) is 107 Å². The lowest BCUT2D eigenvalue weighted by atomic mass is 10.2. The predicted octanol–water partition coefficient (Wildman–Crippen LogP) is 1.07. The largest absolute Gasteiger partial charge is 0.507 e. The summed E-state index contributed by atoms with van der Waals surface area (Å²) in [7, 11) is 0. The van der Waals surface area contributed by atoms with Gasteiger partial charge in [-0.25, -0.2) is 0 Å². The van der Waals surface area contributed by atoms with Gasteiger partial charge in [-0.1, -0.05) is 12.1 Å². The van der Waals surface area contributed by atoms with E-state index in [0.29, 0.717) is 5.92 Å². The SMILES string of the molecule is O=C(NNC(=O)c1ccccc1O)c1cc(C2CC2)[nH]n1. The molecule has 1 aromatic heterocycles. The van der Waals surface area contributed by atoms with Crippen LogP contribution in [0.4, 0.5) is 0 Å². The molecule has 0 radical (unpaired) electrons. The van der Waals surface area contributed by atoms with Gasteiger partial charge in [-0.15, -0.1) is 0 Å². The van der Waals surface area contributed by atoms with Gasteiger partial charge in [0.2, 0.25) is 0 Å². The predicted molar refractivity (Wildman–Crippen MR) is 73.6 cm³/mol. The Kier molecular flexibility index (Phi) is 3.31. The molecule has 108 valence electrons. The Balaban J connectivity index is 1.60. The quantitative estimate of drug-likeness (QED) is 0.633. The fourth-order valence-electron chi connectivity index (χ4n) is 1.97. The molecule has 1 fully saturated rings. The minimum atomic E-state index is -0.598. The standard InChI is InChI=1S/C14H14N4O3/c19-12-4-2-1-3-9(12)13(20)17-18-14(21)11-7-10(15-16-11)8-5-6-8/h1-4,7-8,19H,5-6H2,(H,15,16)(H,17,20)(H,18,21). The first-order chi connectivity index (χ1) is 10.1. The first kappa shape index (κ1) is 13.2. The van der Waals surface area contributed by atoms with Crippen LogP contribution in [0, 0.1) is 0 Å². The highest BCUT2D eigenvalue weighted by atomic mass is 16.3. The Morgan fingerprint density at radius 1 is 1.19 bits per heavy atom. The highest BCUT2D eigenvalue weighted by molar-refractivity contribution is 5.99. The number of amides is 2. The fourth-order valence-corrected chi connectivity index (χ4v) is 1.97. The molecule has 2 aromatic rings. The Morgan fingerprint density at radius 2 is 1.90 bits per heavy atom. The fraction of sp³-hybridized carbons (Fsp3) is 0.214. The average molecular weight is 286 g/mol. The van der Waals surface area contributed by atoms with Crippen LogP contribution in [0.3, 0.4) is 0 Å². The number of hydrogen-bond acceptors (Lipinski definition) is 4. The number of aromatic nitrogens is 2. The first-order valence-electron chi connectivity index (χ1n) is 6.59. The highest BCUT2D eigenvalue weighted by Gasteiger charge is 2.26. The smallest absolute Gasteiger partial charge is 0.290 e. The van der Waals surface area contributed by atoms with E-state index >= 15 is 0 Å². The van der Waals surface area contributed by atoms with Crippen LogP contribution in [-0.4, -0.2) is 27.1 Å². The van der Waals surface area contributed by atoms with Crippen molar-refractivity contribution in [1.29, 1.82) is 0 Å². The van der Waals surface area contributed by atoms with Gasteiger partial charge in [0.1, 0.15) is 5.75 Å². The second-order valence-electron chi connectivity index (χ2n) is 4.91. The number of phenols is 1. The number of carbonyl (C=O) groups excluding carboxylic acids is 2. The van der Waals surface area contributed by atoms with E-state index in [1.165, 1.54) is 12.1 Å². The number of carbonyl (C=O) groups is 2. The van der Waals surface area contributed by atoms with Crippen molar-refractivity contribution in [2.75, 3.05) is 0 Å². The molecule has 4 N–H and O–H groups in total. The van der Waals surface area contributed by atoms with Crippen molar-refractivity contribution >= 4 is 11.8 Å². The minimum Gasteiger partial charge on any atom is -0.507 e. The Labute approximate surface area is 120 Å². The van der Waals surface area contributed by atoms with E-state index < -0.39 is 11.8 Å². The highest BCUT2D eigenvalue weighted by Crippen LogP contribution is 2.38. The zero-order chi connectivity index (χ0) is 14.8. The second-order valence-corrected chi connectivity index (χ2v) is 4.91. The number of phenolic OH excluding ortho intramolecular Hbond substituents is 1. The molecule has 7 nitrogen and oxygen atoms in total. The summed E-state index contributed by atoms with van der Waals surface area (Å²) in [5.74, 6) is -0.795. The first-order valence-corrected chi connectivity index (χ1v) is 6.59. The summed E-state index contributed by atoms with van der Waals surface area (Å²) in [5, 5.41) is 16.3. The van der Waals surface area contributed by atoms with Crippen LogP contribution in [0.1, 0.15) is 45.3 Å². The molecular formula is C14H14N4O3. The van der Waals surface area contributed by atoms with Crippen LogP contribution in [0.5, 0.6) is 5.75 Å². The molecular weight excluding hydrogens is 272 g/mol. The summed E-state index contributed by atoms with van der Waals surface area (Å²) in [6.07, 6.45) is 2.21. The van der Waals surface area contributed by atoms with Crippen molar-refractivity contribution < 1.29 is 14.7 Å². The molecule has 0 unspecified atom stereocenters. The molecule has 0 bridgehead atoms. The Hall–Kier alpha value is -2.83. The minimum absolute atomic E-state index is 0.0819. The molecule has 21 heavy (non-hydrogen) atoms. The number of para-hydroxylation sites is 1. The molecule has 0 spiro atoms. The molecule has 1 aromatic carbocycles. The van der Waals surface area contributed by atoms with Gasteiger partial charge >= 0.3 is 0 Å². The van der Waals surface area contributed by atoms with Crippen LogP contribution in [0.25, 0.3) is 0 Å². The summed E-state index contributed by atoms with van der Waals surface area (Å²) >= 11 is 0. The monoisotopic (exact) mass is 286 g/mol. The number of aromatic amines is 1. The molecule has 1 heterocycles. The molecule has 3 rings (SSSR count). The maximum Gasteiger partial charge on any atom is 0.290 e. The molecule has 0 aliphatic heterocycles. The number of benzene rings is 1. The van der Waals surface area contributed by atoms with Crippen LogP contribution in [-0.2, 0) is 0 Å². The molecule has 1 saturated carbocycles. The van der Waals surface area contributed by atoms with Gasteiger partial charge in [0.25, 0.3) is 11.8 Å². The number of aromatic hydroxyl groups is 1. The molecule has 7 heteroatoms. The van der Waals surface area contributed by atoms with Gasteiger partial charge in [-0.3, -0.25) is 25.5 Å². The van der Waals surface area contributed by atoms with E-state index in [1.807, 2.05) is 0 Å². The number of nitrogens with one attached hydrogen (secondary N) is 3. The summed E-state index contributed by atoms with van der Waals surface area (Å²) in [6.45, 7) is 0. The van der Waals surface area contributed by atoms with Gasteiger partial charge in [0.15, 0.2) is 5.69 Å². The lowest BCUT2D eigenvalue weighted by Gasteiger charge is -2.06. The zero-order valence-electron chi connectivity index (χ0n) is 11.1. The van der Waals surface area contributed by atoms with Gasteiger partial charge < -0.3 is 5.11 Å². The van der Waals surface area contributed by atoms with E-state index in [1.54, 1.807) is 18.2 Å². The molecule has 2 amide bonds. The molecule has 1 aliphatic carbocycles. The van der Waals surface area contributed by atoms with Gasteiger partial charge in [-0.2, -0.15) is 5.10 Å². The van der Waals surface area contributed by atoms with E-state index in [-0.39, 0.29) is 17.0 Å². The third kappa shape index (κ3) is 2.86. The number of hydrazine groups is 1. The summed E-state index contributed by atoms with van der Waals surface area (Å²) < 4.78 is 0. The van der Waals surface area contributed by atoms with Gasteiger partial charge in [0.05, 0.1) is 5.56 Å². The summed E-state index contributed by atoms with van der Waals surface area (Å²) in [5.41, 5.74) is 5.74. The van der Waals surface area contributed by atoms with Crippen LogP contribution in [0.2, 0.25) is 0 Å². The average Bonchev–Trinajstić information content (AvgIpc) is 3.22. The van der Waals surface area contributed by atoms with Crippen molar-refractivity contribution in [2.45, 2.75) is 18.8 Å². The lowest BCUT2D eigenvalue weighted by Crippen LogP contribution is -2.41. The van der Waals surface area contributed by atoms with Crippen molar-refractivity contribution in [3.8, 4) is 5.75 Å². The van der Waals surface area contributed by atoms with E-state index in [2.05, 4.69) is 21.0 Å². The lowest BCUT2D eigenvalue weighted by molar-refractivity contribution is 0.0842. The number of hydrogen-bond donors (Lipinski definition) is 4. The van der Waals surface area contributed by atoms with Crippen molar-refractivity contribution in [1.82, 2.24) is 21.0 Å². The molecule has 1 aliphatic rings. The zero-order valence-corrected chi connectivity index (χ0v) is 11.1. The number of nitrogens with zero attached hydrogens (tertiary/aromatic N) is 1. The second kappa shape index (κ2) is 5.28. The van der Waals surface area contributed by atoms with Gasteiger partial charge in [-0.05, 0) is 31.0 Å². The van der Waals surface area contributed by atoms with E-state index in [4.69, 9.17) is 0 Å². The van der Waals surface area contributed by atoms with E-state index in [9.17, 15) is 14.7 Å². The maximum atomic E-state index is 11.9. The van der Waals surface area contributed by atoms with Crippen LogP contribution in [0.15, 0.2) is 30.3 Å². The number of rotatable bonds is 3. The number of H-pyrrole nitrogens is 1. The third-order valence-corrected chi connectivity index (χ3v) is 3.29. The van der Waals surface area contributed by atoms with Crippen molar-refractivity contribution in [3.05, 3.63) is 47.3 Å². The Bertz CT molecular complexity index is 691. The van der Waals surface area contributed by atoms with Crippen LogP contribution < -0.4 is 10.9 Å². The molecule has 0 saturated heterocycles. The van der Waals surface area contributed by atoms with Crippen molar-refractivity contribution in [2.24, 2.45) is 0 Å². The maximum absolute atomic E-state index is 11.9. The third-order valence-electron chi connectivity index (χ3n) is 3.29. The van der Waals surface area contributed by atoms with E-state index in [0.717, 1.165) is 18.5 Å². The Morgan fingerprint density at radius 3 is 2.62 bits per heavy atom. The van der Waals surface area contributed by atoms with Crippen LogP contribution >= 0.6 is 0 Å². The molecule has 0 atom stereocenters. The summed E-state index contributed by atoms with van der Waals surface area (Å²) in [6, 6.07) is 7.75. The normalized spacial score (nSPS) is 13.7.